The van der Waals surface area contributed by atoms with Gasteiger partial charge in [-0.3, -0.25) is 19.2 Å². The van der Waals surface area contributed by atoms with Crippen LogP contribution in [0.4, 0.5) is 13.2 Å². The van der Waals surface area contributed by atoms with Gasteiger partial charge in [0, 0.05) is 20.8 Å². The van der Waals surface area contributed by atoms with Crippen LogP contribution in [0.3, 0.4) is 0 Å². The second kappa shape index (κ2) is 12.6. The smallest absolute Gasteiger partial charge is 0.463 e. The molecule has 4 aliphatic heterocycles. The number of rotatable bonds is 8. The van der Waals surface area contributed by atoms with Crippen LogP contribution in [-0.4, -0.2) is 116 Å². The van der Waals surface area contributed by atoms with Crippen LogP contribution < -0.4 is 5.32 Å². The Hall–Kier alpha value is -2.61. The highest BCUT2D eigenvalue weighted by molar-refractivity contribution is 5.82. The number of esters is 3. The molecular formula is C26H36F3NO14. The third kappa shape index (κ3) is 7.96. The van der Waals surface area contributed by atoms with Gasteiger partial charge < -0.3 is 52.7 Å². The number of ether oxygens (including phenoxy) is 10. The van der Waals surface area contributed by atoms with Crippen molar-refractivity contribution in [3.05, 3.63) is 0 Å². The highest BCUT2D eigenvalue weighted by Gasteiger charge is 2.61. The molecule has 4 saturated heterocycles. The molecule has 10 atom stereocenters. The van der Waals surface area contributed by atoms with E-state index >= 15 is 0 Å². The summed E-state index contributed by atoms with van der Waals surface area (Å²) >= 11 is 0. The van der Waals surface area contributed by atoms with E-state index in [2.05, 4.69) is 0 Å². The largest absolute Gasteiger partial charge is 0.471 e. The number of hydrogen-bond donors (Lipinski definition) is 1. The van der Waals surface area contributed by atoms with Gasteiger partial charge in [0.25, 0.3) is 0 Å². The Morgan fingerprint density at radius 2 is 1.30 bits per heavy atom. The first-order valence-electron chi connectivity index (χ1n) is 13.8. The number of carbonyl (C=O) groups is 4. The van der Waals surface area contributed by atoms with E-state index in [1.54, 1.807) is 33.0 Å². The van der Waals surface area contributed by atoms with Gasteiger partial charge in [-0.25, -0.2) is 0 Å². The number of fused-ring (bicyclic) bond motifs is 3. The fourth-order valence-electron chi connectivity index (χ4n) is 5.45. The van der Waals surface area contributed by atoms with Crippen molar-refractivity contribution in [1.29, 1.82) is 0 Å². The highest BCUT2D eigenvalue weighted by atomic mass is 19.4. The van der Waals surface area contributed by atoms with Crippen molar-refractivity contribution in [2.45, 2.75) is 128 Å². The highest BCUT2D eigenvalue weighted by Crippen LogP contribution is 2.44. The average Bonchev–Trinajstić information content (AvgIpc) is 3.36. The third-order valence-electron chi connectivity index (χ3n) is 6.93. The number of amides is 1. The summed E-state index contributed by atoms with van der Waals surface area (Å²) in [6, 6.07) is -1.87. The van der Waals surface area contributed by atoms with Crippen LogP contribution in [0.5, 0.6) is 0 Å². The fraction of sp³-hybridized carbons (Fsp3) is 0.846. The number of alkyl halides is 3. The lowest BCUT2D eigenvalue weighted by molar-refractivity contribution is -0.297. The van der Waals surface area contributed by atoms with Gasteiger partial charge >= 0.3 is 30.0 Å². The molecule has 0 aromatic rings. The lowest BCUT2D eigenvalue weighted by atomic mass is 9.95. The molecule has 0 bridgehead atoms. The van der Waals surface area contributed by atoms with Gasteiger partial charge in [0.2, 0.25) is 0 Å². The molecular weight excluding hydrogens is 607 g/mol. The Bertz CT molecular complexity index is 1120. The molecule has 4 heterocycles. The van der Waals surface area contributed by atoms with Gasteiger partial charge in [0.1, 0.15) is 43.2 Å². The van der Waals surface area contributed by atoms with Crippen LogP contribution in [0.15, 0.2) is 0 Å². The molecule has 4 fully saturated rings. The normalized spacial score (nSPS) is 37.3. The summed E-state index contributed by atoms with van der Waals surface area (Å²) in [7, 11) is 0. The Balaban J connectivity index is 1.64. The molecule has 0 aromatic heterocycles. The summed E-state index contributed by atoms with van der Waals surface area (Å²) in [5.74, 6) is -7.20. The van der Waals surface area contributed by atoms with E-state index in [1.165, 1.54) is 0 Å². The van der Waals surface area contributed by atoms with E-state index in [9.17, 15) is 32.3 Å². The van der Waals surface area contributed by atoms with Crippen molar-refractivity contribution in [2.24, 2.45) is 0 Å². The molecule has 0 saturated carbocycles. The van der Waals surface area contributed by atoms with Gasteiger partial charge in [0.05, 0.1) is 6.61 Å². The molecule has 250 valence electrons. The zero-order valence-electron chi connectivity index (χ0n) is 25.0. The van der Waals surface area contributed by atoms with Crippen LogP contribution in [0, 0.1) is 0 Å². The van der Waals surface area contributed by atoms with Crippen molar-refractivity contribution in [3.63, 3.8) is 0 Å². The van der Waals surface area contributed by atoms with Crippen molar-refractivity contribution >= 4 is 23.8 Å². The van der Waals surface area contributed by atoms with E-state index in [-0.39, 0.29) is 0 Å². The van der Waals surface area contributed by atoms with E-state index in [0.717, 1.165) is 20.8 Å². The van der Waals surface area contributed by atoms with Crippen LogP contribution >= 0.6 is 0 Å². The molecule has 1 N–H and O–H groups in total. The summed E-state index contributed by atoms with van der Waals surface area (Å²) < 4.78 is 97.2. The summed E-state index contributed by atoms with van der Waals surface area (Å²) in [5.41, 5.74) is 0. The van der Waals surface area contributed by atoms with E-state index < -0.39 is 116 Å². The predicted octanol–water partition coefficient (Wildman–Crippen LogP) is 0.598. The monoisotopic (exact) mass is 643 g/mol. The molecule has 44 heavy (non-hydrogen) atoms. The van der Waals surface area contributed by atoms with Crippen molar-refractivity contribution in [3.8, 4) is 0 Å². The van der Waals surface area contributed by atoms with Crippen molar-refractivity contribution in [2.75, 3.05) is 13.2 Å². The van der Waals surface area contributed by atoms with Gasteiger partial charge in [-0.2, -0.15) is 13.2 Å². The van der Waals surface area contributed by atoms with E-state index in [1.807, 2.05) is 0 Å². The summed E-state index contributed by atoms with van der Waals surface area (Å²) in [6.07, 6.45) is -16.0. The van der Waals surface area contributed by atoms with Gasteiger partial charge in [-0.1, -0.05) is 0 Å². The van der Waals surface area contributed by atoms with Crippen molar-refractivity contribution < 1.29 is 79.7 Å². The summed E-state index contributed by atoms with van der Waals surface area (Å²) in [6.45, 7) is 8.72. The van der Waals surface area contributed by atoms with Crippen molar-refractivity contribution in [1.82, 2.24) is 5.32 Å². The number of carbonyl (C=O) groups excluding carboxylic acids is 4. The first-order chi connectivity index (χ1) is 20.3. The molecule has 15 nitrogen and oxygen atoms in total. The molecule has 4 aliphatic rings. The van der Waals surface area contributed by atoms with Crippen LogP contribution in [-0.2, 0) is 66.5 Å². The number of hydrogen-bond acceptors (Lipinski definition) is 14. The predicted molar refractivity (Wildman–Crippen MR) is 133 cm³/mol. The second-order valence-corrected chi connectivity index (χ2v) is 11.5. The minimum absolute atomic E-state index is 0.429. The summed E-state index contributed by atoms with van der Waals surface area (Å²) in [4.78, 5) is 47.6. The Morgan fingerprint density at radius 3 is 1.89 bits per heavy atom. The minimum atomic E-state index is -5.36. The SMILES string of the molecule is CC(=O)OC[C@H]1O[C@@H](OC[C@H]2O[C@@H]3OC(C)(C)O[C@@H]3[C@H]3OC(C)(C)O[C@H]32)[C@H](NC(=O)C(F)(F)F)[C@@H](OC(C)=O)[C@@H]1OC(C)=O. The van der Waals surface area contributed by atoms with Crippen LogP contribution in [0.25, 0.3) is 0 Å². The van der Waals surface area contributed by atoms with Crippen LogP contribution in [0.1, 0.15) is 48.5 Å². The maximum atomic E-state index is 13.4. The average molecular weight is 644 g/mol. The summed E-state index contributed by atoms with van der Waals surface area (Å²) in [5, 5.41) is 1.72. The van der Waals surface area contributed by atoms with Gasteiger partial charge in [-0.15, -0.1) is 0 Å². The fourth-order valence-corrected chi connectivity index (χ4v) is 5.45. The number of nitrogens with one attached hydrogen (secondary N) is 1. The molecule has 0 aliphatic carbocycles. The maximum Gasteiger partial charge on any atom is 0.471 e. The molecule has 4 rings (SSSR count). The van der Waals surface area contributed by atoms with E-state index in [0.29, 0.717) is 0 Å². The molecule has 0 unspecified atom stereocenters. The standard InChI is InChI=1S/C26H36F3NO14/c1-10(31)35-8-13-16(37-11(2)32)18(38-12(3)33)15(30-23(34)26(27,28)29)21(39-13)36-9-14-17-19(42-24(4,5)41-17)20-22(40-14)44-25(6,7)43-20/h13-22H,8-9H2,1-7H3,(H,30,34)/t13-,14-,15-,16-,17+,18-,19+,20-,21-,22-/m1/s1. The molecule has 0 aromatic carbocycles. The Kier molecular flexibility index (Phi) is 9.85. The third-order valence-corrected chi connectivity index (χ3v) is 6.93. The number of halogens is 3. The zero-order valence-corrected chi connectivity index (χ0v) is 25.0. The van der Waals surface area contributed by atoms with Crippen LogP contribution in [0.2, 0.25) is 0 Å². The maximum absolute atomic E-state index is 13.4. The van der Waals surface area contributed by atoms with Gasteiger partial charge in [-0.05, 0) is 27.7 Å². The van der Waals surface area contributed by atoms with E-state index in [4.69, 9.17) is 47.4 Å². The molecule has 0 radical (unpaired) electrons. The quantitative estimate of drug-likeness (QED) is 0.288. The topological polar surface area (TPSA) is 173 Å². The van der Waals surface area contributed by atoms with Gasteiger partial charge in [0.15, 0.2) is 36.4 Å². The lowest BCUT2D eigenvalue weighted by Gasteiger charge is -2.45. The lowest BCUT2D eigenvalue weighted by Crippen LogP contribution is -2.68. The zero-order chi connectivity index (χ0) is 32.8. The molecule has 0 spiro atoms. The first kappa shape index (κ1) is 34.3. The Morgan fingerprint density at radius 1 is 0.727 bits per heavy atom. The molecule has 1 amide bonds. The first-order valence-corrected chi connectivity index (χ1v) is 13.8. The molecule has 18 heteroatoms. The second-order valence-electron chi connectivity index (χ2n) is 11.5. The Labute approximate surface area is 250 Å². The minimum Gasteiger partial charge on any atom is -0.463 e.